The number of aromatic nitrogens is 1. The molecular formula is C11H18N2O. The van der Waals surface area contributed by atoms with E-state index in [1.807, 2.05) is 31.5 Å². The third kappa shape index (κ3) is 4.35. The maximum atomic E-state index is 8.78. The fraction of sp³-hybridized carbons (Fsp3) is 0.545. The molecule has 0 aliphatic rings. The summed E-state index contributed by atoms with van der Waals surface area (Å²) in [5.41, 5.74) is 1.32. The molecule has 0 fully saturated rings. The monoisotopic (exact) mass is 194 g/mol. The largest absolute Gasteiger partial charge is 0.395 e. The highest BCUT2D eigenvalue weighted by atomic mass is 16.3. The Morgan fingerprint density at radius 3 is 2.79 bits per heavy atom. The zero-order valence-electron chi connectivity index (χ0n) is 8.61. The fourth-order valence-electron chi connectivity index (χ4n) is 1.25. The van der Waals surface area contributed by atoms with Crippen LogP contribution in [0, 0.1) is 0 Å². The van der Waals surface area contributed by atoms with Gasteiger partial charge in [-0.1, -0.05) is 0 Å². The van der Waals surface area contributed by atoms with Gasteiger partial charge in [-0.25, -0.2) is 0 Å². The van der Waals surface area contributed by atoms with Crippen molar-refractivity contribution in [3.63, 3.8) is 0 Å². The molecule has 2 N–H and O–H groups in total. The standard InChI is InChI=1S/C11H18N2O/c1-10(9-14)13-6-2-3-11-4-7-12-8-5-11/h4-5,7-8,10,13-14H,2-3,6,9H2,1H3. The number of aliphatic hydroxyl groups excluding tert-OH is 1. The van der Waals surface area contributed by atoms with Crippen molar-refractivity contribution in [2.75, 3.05) is 13.2 Å². The van der Waals surface area contributed by atoms with Crippen molar-refractivity contribution in [2.45, 2.75) is 25.8 Å². The van der Waals surface area contributed by atoms with Crippen LogP contribution in [0.4, 0.5) is 0 Å². The van der Waals surface area contributed by atoms with Crippen molar-refractivity contribution >= 4 is 0 Å². The van der Waals surface area contributed by atoms with Crippen molar-refractivity contribution in [1.82, 2.24) is 10.3 Å². The van der Waals surface area contributed by atoms with Crippen LogP contribution >= 0.6 is 0 Å². The maximum absolute atomic E-state index is 8.78. The first-order valence-electron chi connectivity index (χ1n) is 5.06. The number of nitrogens with one attached hydrogen (secondary N) is 1. The Bertz CT molecular complexity index is 238. The van der Waals surface area contributed by atoms with E-state index in [9.17, 15) is 0 Å². The van der Waals surface area contributed by atoms with Crippen LogP contribution in [0.15, 0.2) is 24.5 Å². The normalized spacial score (nSPS) is 12.7. The molecule has 1 rings (SSSR count). The SMILES string of the molecule is CC(CO)NCCCc1ccncc1. The van der Waals surface area contributed by atoms with Crippen LogP contribution < -0.4 is 5.32 Å². The van der Waals surface area contributed by atoms with E-state index in [0.717, 1.165) is 19.4 Å². The highest BCUT2D eigenvalue weighted by Gasteiger charge is 1.97. The minimum Gasteiger partial charge on any atom is -0.395 e. The number of pyridine rings is 1. The molecule has 0 saturated carbocycles. The molecule has 0 aliphatic heterocycles. The molecule has 78 valence electrons. The van der Waals surface area contributed by atoms with E-state index in [0.29, 0.717) is 0 Å². The predicted molar refractivity (Wildman–Crippen MR) is 57.1 cm³/mol. The van der Waals surface area contributed by atoms with Crippen LogP contribution in [0.2, 0.25) is 0 Å². The lowest BCUT2D eigenvalue weighted by Crippen LogP contribution is -2.30. The second-order valence-corrected chi connectivity index (χ2v) is 3.50. The van der Waals surface area contributed by atoms with Crippen LogP contribution in [0.5, 0.6) is 0 Å². The molecule has 0 amide bonds. The third-order valence-electron chi connectivity index (χ3n) is 2.16. The van der Waals surface area contributed by atoms with Crippen LogP contribution in [0.3, 0.4) is 0 Å². The zero-order chi connectivity index (χ0) is 10.2. The van der Waals surface area contributed by atoms with Crippen LogP contribution in [-0.4, -0.2) is 29.3 Å². The zero-order valence-corrected chi connectivity index (χ0v) is 8.61. The highest BCUT2D eigenvalue weighted by Crippen LogP contribution is 1.99. The summed E-state index contributed by atoms with van der Waals surface area (Å²) in [6.45, 7) is 3.13. The van der Waals surface area contributed by atoms with E-state index in [1.54, 1.807) is 0 Å². The molecule has 1 heterocycles. The number of rotatable bonds is 6. The first-order chi connectivity index (χ1) is 6.83. The van der Waals surface area contributed by atoms with Crippen LogP contribution in [-0.2, 0) is 6.42 Å². The average molecular weight is 194 g/mol. The summed E-state index contributed by atoms with van der Waals surface area (Å²) in [7, 11) is 0. The molecule has 0 radical (unpaired) electrons. The minimum atomic E-state index is 0.201. The molecule has 0 aromatic carbocycles. The van der Waals surface area contributed by atoms with Gasteiger partial charge in [-0.3, -0.25) is 4.98 Å². The smallest absolute Gasteiger partial charge is 0.0581 e. The van der Waals surface area contributed by atoms with E-state index >= 15 is 0 Å². The summed E-state index contributed by atoms with van der Waals surface area (Å²) in [5.74, 6) is 0. The second kappa shape index (κ2) is 6.51. The van der Waals surface area contributed by atoms with E-state index in [2.05, 4.69) is 10.3 Å². The Hall–Kier alpha value is -0.930. The molecule has 3 heteroatoms. The van der Waals surface area contributed by atoms with E-state index in [-0.39, 0.29) is 12.6 Å². The summed E-state index contributed by atoms with van der Waals surface area (Å²) in [5, 5.41) is 12.0. The molecule has 1 aromatic rings. The lowest BCUT2D eigenvalue weighted by Gasteiger charge is -2.09. The number of nitrogens with zero attached hydrogens (tertiary/aromatic N) is 1. The molecule has 0 saturated heterocycles. The molecule has 1 unspecified atom stereocenters. The lowest BCUT2D eigenvalue weighted by molar-refractivity contribution is 0.251. The average Bonchev–Trinajstić information content (AvgIpc) is 2.25. The molecule has 1 atom stereocenters. The Morgan fingerprint density at radius 2 is 2.14 bits per heavy atom. The lowest BCUT2D eigenvalue weighted by atomic mass is 10.1. The van der Waals surface area contributed by atoms with Gasteiger partial charge in [0.2, 0.25) is 0 Å². The van der Waals surface area contributed by atoms with Crippen molar-refractivity contribution in [2.24, 2.45) is 0 Å². The first kappa shape index (κ1) is 11.1. The summed E-state index contributed by atoms with van der Waals surface area (Å²) in [6, 6.07) is 4.28. The molecular weight excluding hydrogens is 176 g/mol. The number of hydrogen-bond acceptors (Lipinski definition) is 3. The van der Waals surface area contributed by atoms with Crippen molar-refractivity contribution in [1.29, 1.82) is 0 Å². The summed E-state index contributed by atoms with van der Waals surface area (Å²) >= 11 is 0. The number of hydrogen-bond donors (Lipinski definition) is 2. The topological polar surface area (TPSA) is 45.1 Å². The van der Waals surface area contributed by atoms with Gasteiger partial charge in [-0.05, 0) is 44.0 Å². The van der Waals surface area contributed by atoms with Gasteiger partial charge >= 0.3 is 0 Å². The van der Waals surface area contributed by atoms with Crippen LogP contribution in [0.1, 0.15) is 18.9 Å². The Labute approximate surface area is 85.2 Å². The van der Waals surface area contributed by atoms with Crippen molar-refractivity contribution in [3.05, 3.63) is 30.1 Å². The summed E-state index contributed by atoms with van der Waals surface area (Å²) in [6.07, 6.45) is 5.79. The Morgan fingerprint density at radius 1 is 1.43 bits per heavy atom. The molecule has 0 bridgehead atoms. The Kier molecular flexibility index (Phi) is 5.19. The highest BCUT2D eigenvalue weighted by molar-refractivity contribution is 5.09. The summed E-state index contributed by atoms with van der Waals surface area (Å²) in [4.78, 5) is 3.97. The molecule has 1 aromatic heterocycles. The van der Waals surface area contributed by atoms with Gasteiger partial charge in [0.15, 0.2) is 0 Å². The van der Waals surface area contributed by atoms with Gasteiger partial charge in [-0.15, -0.1) is 0 Å². The van der Waals surface area contributed by atoms with E-state index < -0.39 is 0 Å². The molecule has 0 aliphatic carbocycles. The fourth-order valence-corrected chi connectivity index (χ4v) is 1.25. The van der Waals surface area contributed by atoms with Gasteiger partial charge < -0.3 is 10.4 Å². The van der Waals surface area contributed by atoms with Gasteiger partial charge in [-0.2, -0.15) is 0 Å². The van der Waals surface area contributed by atoms with E-state index in [4.69, 9.17) is 5.11 Å². The van der Waals surface area contributed by atoms with Crippen molar-refractivity contribution < 1.29 is 5.11 Å². The molecule has 3 nitrogen and oxygen atoms in total. The number of aliphatic hydroxyl groups is 1. The second-order valence-electron chi connectivity index (χ2n) is 3.50. The third-order valence-corrected chi connectivity index (χ3v) is 2.16. The van der Waals surface area contributed by atoms with E-state index in [1.165, 1.54) is 5.56 Å². The predicted octanol–water partition coefficient (Wildman–Crippen LogP) is 0.985. The quantitative estimate of drug-likeness (QED) is 0.664. The van der Waals surface area contributed by atoms with Crippen molar-refractivity contribution in [3.8, 4) is 0 Å². The van der Waals surface area contributed by atoms with Crippen LogP contribution in [0.25, 0.3) is 0 Å². The maximum Gasteiger partial charge on any atom is 0.0581 e. The first-order valence-corrected chi connectivity index (χ1v) is 5.06. The van der Waals surface area contributed by atoms with Gasteiger partial charge in [0, 0.05) is 18.4 Å². The van der Waals surface area contributed by atoms with Gasteiger partial charge in [0.05, 0.1) is 6.61 Å². The summed E-state index contributed by atoms with van der Waals surface area (Å²) < 4.78 is 0. The van der Waals surface area contributed by atoms with Gasteiger partial charge in [0.25, 0.3) is 0 Å². The Balaban J connectivity index is 2.10. The molecule has 14 heavy (non-hydrogen) atoms. The molecule has 0 spiro atoms. The van der Waals surface area contributed by atoms with Gasteiger partial charge in [0.1, 0.15) is 0 Å². The number of aryl methyl sites for hydroxylation is 1. The minimum absolute atomic E-state index is 0.201.